The molecule has 0 aliphatic rings. The first kappa shape index (κ1) is 17.2. The number of benzene rings is 2. The second-order valence-electron chi connectivity index (χ2n) is 6.08. The maximum absolute atomic E-state index is 5.48. The third-order valence-corrected chi connectivity index (χ3v) is 4.31. The van der Waals surface area contributed by atoms with Crippen molar-refractivity contribution < 1.29 is 4.74 Å². The number of aryl methyl sites for hydroxylation is 1. The molecule has 0 aliphatic carbocycles. The molecule has 0 aliphatic heterocycles. The summed E-state index contributed by atoms with van der Waals surface area (Å²) < 4.78 is 7.50. The number of para-hydroxylation sites is 1. The highest BCUT2D eigenvalue weighted by Gasteiger charge is 2.12. The fourth-order valence-corrected chi connectivity index (χ4v) is 2.95. The van der Waals surface area contributed by atoms with Crippen LogP contribution >= 0.6 is 0 Å². The summed E-state index contributed by atoms with van der Waals surface area (Å²) in [5.74, 6) is 0.919. The van der Waals surface area contributed by atoms with Crippen LogP contribution in [0.2, 0.25) is 0 Å². The van der Waals surface area contributed by atoms with Gasteiger partial charge in [-0.25, -0.2) is 4.68 Å². The average Bonchev–Trinajstić information content (AvgIpc) is 2.92. The van der Waals surface area contributed by atoms with Gasteiger partial charge in [0, 0.05) is 24.3 Å². The number of nitrogens with one attached hydrogen (secondary N) is 1. The van der Waals surface area contributed by atoms with Crippen LogP contribution in [0.15, 0.2) is 54.6 Å². The normalized spacial score (nSPS) is 10.8. The van der Waals surface area contributed by atoms with Crippen LogP contribution in [-0.4, -0.2) is 16.4 Å². The van der Waals surface area contributed by atoms with Gasteiger partial charge in [0.2, 0.25) is 0 Å². The summed E-state index contributed by atoms with van der Waals surface area (Å²) in [6.45, 7) is 8.51. The molecule has 1 N–H and O–H groups in total. The van der Waals surface area contributed by atoms with Gasteiger partial charge in [-0.1, -0.05) is 30.3 Å². The Balaban J connectivity index is 1.64. The lowest BCUT2D eigenvalue weighted by atomic mass is 10.1. The Bertz CT molecular complexity index is 807. The Labute approximate surface area is 149 Å². The van der Waals surface area contributed by atoms with E-state index in [9.17, 15) is 0 Å². The first-order valence-electron chi connectivity index (χ1n) is 8.72. The van der Waals surface area contributed by atoms with E-state index in [1.807, 2.05) is 41.9 Å². The zero-order valence-electron chi connectivity index (χ0n) is 15.1. The zero-order chi connectivity index (χ0) is 17.6. The molecule has 0 fully saturated rings. The van der Waals surface area contributed by atoms with Gasteiger partial charge in [0.05, 0.1) is 18.0 Å². The van der Waals surface area contributed by atoms with Gasteiger partial charge >= 0.3 is 0 Å². The molecule has 3 rings (SSSR count). The number of ether oxygens (including phenoxy) is 1. The molecule has 1 heterocycles. The summed E-state index contributed by atoms with van der Waals surface area (Å²) in [4.78, 5) is 0. The Hall–Kier alpha value is -2.59. The van der Waals surface area contributed by atoms with Crippen LogP contribution in [-0.2, 0) is 13.1 Å². The van der Waals surface area contributed by atoms with Crippen LogP contribution in [0.4, 0.5) is 0 Å². The average molecular weight is 335 g/mol. The highest BCUT2D eigenvalue weighted by atomic mass is 16.5. The van der Waals surface area contributed by atoms with Gasteiger partial charge in [0.1, 0.15) is 5.75 Å². The number of aromatic nitrogens is 2. The van der Waals surface area contributed by atoms with Crippen molar-refractivity contribution >= 4 is 0 Å². The van der Waals surface area contributed by atoms with Crippen molar-refractivity contribution in [1.29, 1.82) is 0 Å². The molecule has 130 valence electrons. The van der Waals surface area contributed by atoms with Crippen LogP contribution in [0.1, 0.15) is 29.4 Å². The predicted molar refractivity (Wildman–Crippen MR) is 101 cm³/mol. The molecule has 0 saturated heterocycles. The summed E-state index contributed by atoms with van der Waals surface area (Å²) in [5.41, 5.74) is 5.85. The van der Waals surface area contributed by atoms with Crippen molar-refractivity contribution in [2.24, 2.45) is 0 Å². The SMILES string of the molecule is CCOc1ccc(CNCc2c(C)nn(-c3ccccc3)c2C)cc1. The molecule has 2 aromatic carbocycles. The summed E-state index contributed by atoms with van der Waals surface area (Å²) in [6.07, 6.45) is 0. The smallest absolute Gasteiger partial charge is 0.119 e. The second kappa shape index (κ2) is 7.99. The molecule has 4 nitrogen and oxygen atoms in total. The summed E-state index contributed by atoms with van der Waals surface area (Å²) >= 11 is 0. The van der Waals surface area contributed by atoms with E-state index < -0.39 is 0 Å². The van der Waals surface area contributed by atoms with Gasteiger partial charge in [-0.05, 0) is 50.6 Å². The highest BCUT2D eigenvalue weighted by molar-refractivity contribution is 5.37. The topological polar surface area (TPSA) is 39.1 Å². The third kappa shape index (κ3) is 4.09. The lowest BCUT2D eigenvalue weighted by molar-refractivity contribution is 0.340. The summed E-state index contributed by atoms with van der Waals surface area (Å²) in [7, 11) is 0. The molecule has 0 spiro atoms. The van der Waals surface area contributed by atoms with E-state index in [0.717, 1.165) is 30.2 Å². The minimum Gasteiger partial charge on any atom is -0.494 e. The van der Waals surface area contributed by atoms with Crippen molar-refractivity contribution in [3.63, 3.8) is 0 Å². The molecular formula is C21H25N3O. The minimum absolute atomic E-state index is 0.696. The standard InChI is InChI=1S/C21H25N3O/c1-4-25-20-12-10-18(11-13-20)14-22-15-21-16(2)23-24(17(21)3)19-8-6-5-7-9-19/h5-13,22H,4,14-15H2,1-3H3. The minimum atomic E-state index is 0.696. The van der Waals surface area contributed by atoms with Gasteiger partial charge in [0.25, 0.3) is 0 Å². The molecule has 0 atom stereocenters. The molecular weight excluding hydrogens is 310 g/mol. The van der Waals surface area contributed by atoms with E-state index in [4.69, 9.17) is 9.84 Å². The first-order chi connectivity index (χ1) is 12.2. The predicted octanol–water partition coefficient (Wildman–Crippen LogP) is 4.18. The van der Waals surface area contributed by atoms with Crippen molar-refractivity contribution in [3.05, 3.63) is 77.1 Å². The largest absolute Gasteiger partial charge is 0.494 e. The van der Waals surface area contributed by atoms with Gasteiger partial charge in [0.15, 0.2) is 0 Å². The lowest BCUT2D eigenvalue weighted by Gasteiger charge is -2.08. The van der Waals surface area contributed by atoms with Crippen LogP contribution in [0.3, 0.4) is 0 Å². The van der Waals surface area contributed by atoms with E-state index in [1.165, 1.54) is 16.8 Å². The van der Waals surface area contributed by atoms with Crippen molar-refractivity contribution in [3.8, 4) is 11.4 Å². The fourth-order valence-electron chi connectivity index (χ4n) is 2.95. The number of rotatable bonds is 7. The highest BCUT2D eigenvalue weighted by Crippen LogP contribution is 2.18. The van der Waals surface area contributed by atoms with Crippen LogP contribution < -0.4 is 10.1 Å². The maximum atomic E-state index is 5.48. The molecule has 0 saturated carbocycles. The molecule has 1 aromatic heterocycles. The van der Waals surface area contributed by atoms with E-state index in [-0.39, 0.29) is 0 Å². The zero-order valence-corrected chi connectivity index (χ0v) is 15.1. The van der Waals surface area contributed by atoms with Gasteiger partial charge < -0.3 is 10.1 Å². The Morgan fingerprint density at radius 3 is 2.36 bits per heavy atom. The first-order valence-corrected chi connectivity index (χ1v) is 8.72. The number of hydrogen-bond donors (Lipinski definition) is 1. The Kier molecular flexibility index (Phi) is 5.51. The van der Waals surface area contributed by atoms with Crippen molar-refractivity contribution in [2.45, 2.75) is 33.9 Å². The molecule has 0 amide bonds. The molecule has 3 aromatic rings. The van der Waals surface area contributed by atoms with E-state index in [1.54, 1.807) is 0 Å². The van der Waals surface area contributed by atoms with E-state index >= 15 is 0 Å². The third-order valence-electron chi connectivity index (χ3n) is 4.31. The molecule has 25 heavy (non-hydrogen) atoms. The molecule has 0 radical (unpaired) electrons. The Morgan fingerprint density at radius 1 is 0.960 bits per heavy atom. The van der Waals surface area contributed by atoms with Gasteiger partial charge in [-0.15, -0.1) is 0 Å². The monoisotopic (exact) mass is 335 g/mol. The van der Waals surface area contributed by atoms with E-state index in [2.05, 4.69) is 43.4 Å². The van der Waals surface area contributed by atoms with Crippen molar-refractivity contribution in [1.82, 2.24) is 15.1 Å². The van der Waals surface area contributed by atoms with Crippen LogP contribution in [0.25, 0.3) is 5.69 Å². The quantitative estimate of drug-likeness (QED) is 0.704. The summed E-state index contributed by atoms with van der Waals surface area (Å²) in [6, 6.07) is 18.5. The van der Waals surface area contributed by atoms with E-state index in [0.29, 0.717) is 6.61 Å². The fraction of sp³-hybridized carbons (Fsp3) is 0.286. The van der Waals surface area contributed by atoms with Crippen LogP contribution in [0, 0.1) is 13.8 Å². The summed E-state index contributed by atoms with van der Waals surface area (Å²) in [5, 5.41) is 8.22. The maximum Gasteiger partial charge on any atom is 0.119 e. The van der Waals surface area contributed by atoms with Crippen LogP contribution in [0.5, 0.6) is 5.75 Å². The number of hydrogen-bond acceptors (Lipinski definition) is 3. The molecule has 0 bridgehead atoms. The second-order valence-corrected chi connectivity index (χ2v) is 6.08. The molecule has 4 heteroatoms. The number of nitrogens with zero attached hydrogens (tertiary/aromatic N) is 2. The molecule has 0 unspecified atom stereocenters. The van der Waals surface area contributed by atoms with Gasteiger partial charge in [-0.3, -0.25) is 0 Å². The Morgan fingerprint density at radius 2 is 1.68 bits per heavy atom. The van der Waals surface area contributed by atoms with Gasteiger partial charge in [-0.2, -0.15) is 5.10 Å². The van der Waals surface area contributed by atoms with Crippen molar-refractivity contribution in [2.75, 3.05) is 6.61 Å². The lowest BCUT2D eigenvalue weighted by Crippen LogP contribution is -2.14.